The first kappa shape index (κ1) is 36.8. The van der Waals surface area contributed by atoms with E-state index in [9.17, 15) is 0 Å². The predicted octanol–water partition coefficient (Wildman–Crippen LogP) is 17.3. The van der Waals surface area contributed by atoms with E-state index in [0.29, 0.717) is 0 Å². The molecule has 0 aliphatic heterocycles. The largest absolute Gasteiger partial charge is 0.456 e. The summed E-state index contributed by atoms with van der Waals surface area (Å²) in [6, 6.07) is 86.0. The Kier molecular flexibility index (Phi) is 7.90. The van der Waals surface area contributed by atoms with E-state index in [1.807, 2.05) is 12.1 Å². The SMILES string of the molecule is c1ccc(C2(c3cccc(N(c4ccc(-c5ccc6ccccc6c5)cc4)c4ccc5c(c4)oc4cc6cc7c(cc6cc45)oc4ccccc47)c3)c3ccccc3-c3ccccc32)cc1. The zero-order valence-corrected chi connectivity index (χ0v) is 35.8. The number of hydrogen-bond donors (Lipinski definition) is 0. The standard InChI is InChI=1S/C63H39NO2/c1-2-15-46(16-3-1)63(57-22-9-6-19-51(57)52-20-7-10-23-58(52)63)47-17-12-18-49(38-47)64(48-29-27-41(28-30-48)43-26-25-40-13-4-5-14-42(40)33-43)50-31-32-54-56-35-45-36-60-55(53-21-8-11-24-59(53)65-60)34-44(45)37-61(56)66-62(54)39-50/h1-39H. The van der Waals surface area contributed by atoms with Crippen LogP contribution in [0.25, 0.3) is 87.7 Å². The maximum absolute atomic E-state index is 6.82. The molecule has 0 unspecified atom stereocenters. The molecule has 3 heteroatoms. The van der Waals surface area contributed by atoms with E-state index in [1.54, 1.807) is 0 Å². The highest BCUT2D eigenvalue weighted by Crippen LogP contribution is 2.56. The molecule has 1 aliphatic rings. The summed E-state index contributed by atoms with van der Waals surface area (Å²) in [6.07, 6.45) is 0. The third-order valence-corrected chi connectivity index (χ3v) is 14.1. The molecule has 0 radical (unpaired) electrons. The van der Waals surface area contributed by atoms with Crippen molar-refractivity contribution in [3.63, 3.8) is 0 Å². The van der Waals surface area contributed by atoms with Crippen molar-refractivity contribution in [2.75, 3.05) is 4.90 Å². The lowest BCUT2D eigenvalue weighted by molar-refractivity contribution is 0.668. The first-order chi connectivity index (χ1) is 32.7. The van der Waals surface area contributed by atoms with Crippen LogP contribution in [-0.4, -0.2) is 0 Å². The quantitative estimate of drug-likeness (QED) is 0.167. The fraction of sp³-hybridized carbons (Fsp3) is 0.0159. The third-order valence-electron chi connectivity index (χ3n) is 14.1. The average molecular weight is 842 g/mol. The van der Waals surface area contributed by atoms with Crippen LogP contribution in [0.2, 0.25) is 0 Å². The van der Waals surface area contributed by atoms with Crippen LogP contribution in [0, 0.1) is 0 Å². The summed E-state index contributed by atoms with van der Waals surface area (Å²) in [5.41, 5.74) is 16.0. The molecule has 0 N–H and O–H groups in total. The summed E-state index contributed by atoms with van der Waals surface area (Å²) >= 11 is 0. The van der Waals surface area contributed by atoms with Crippen molar-refractivity contribution in [3.05, 3.63) is 259 Å². The van der Waals surface area contributed by atoms with Gasteiger partial charge in [-0.15, -0.1) is 0 Å². The van der Waals surface area contributed by atoms with Gasteiger partial charge >= 0.3 is 0 Å². The molecule has 66 heavy (non-hydrogen) atoms. The highest BCUT2D eigenvalue weighted by atomic mass is 16.3. The molecule has 2 aromatic heterocycles. The van der Waals surface area contributed by atoms with Crippen molar-refractivity contribution in [2.24, 2.45) is 0 Å². The van der Waals surface area contributed by atoms with Gasteiger partial charge in [0.15, 0.2) is 0 Å². The van der Waals surface area contributed by atoms with Crippen molar-refractivity contribution in [1.29, 1.82) is 0 Å². The molecular weight excluding hydrogens is 803 g/mol. The fourth-order valence-corrected chi connectivity index (χ4v) is 11.1. The van der Waals surface area contributed by atoms with E-state index in [0.717, 1.165) is 71.7 Å². The molecule has 14 rings (SSSR count). The van der Waals surface area contributed by atoms with Crippen LogP contribution in [0.5, 0.6) is 0 Å². The second kappa shape index (κ2) is 14.2. The molecule has 0 saturated heterocycles. The normalized spacial score (nSPS) is 13.0. The van der Waals surface area contributed by atoms with Crippen molar-refractivity contribution < 1.29 is 8.83 Å². The zero-order chi connectivity index (χ0) is 43.3. The van der Waals surface area contributed by atoms with Crippen molar-refractivity contribution >= 4 is 82.5 Å². The van der Waals surface area contributed by atoms with Gasteiger partial charge in [0, 0.05) is 44.7 Å². The molecule has 13 aromatic rings. The van der Waals surface area contributed by atoms with Gasteiger partial charge in [-0.2, -0.15) is 0 Å². The van der Waals surface area contributed by atoms with E-state index in [4.69, 9.17) is 8.83 Å². The summed E-state index contributed by atoms with van der Waals surface area (Å²) in [6.45, 7) is 0. The summed E-state index contributed by atoms with van der Waals surface area (Å²) in [7, 11) is 0. The van der Waals surface area contributed by atoms with E-state index in [2.05, 4.69) is 229 Å². The summed E-state index contributed by atoms with van der Waals surface area (Å²) in [4.78, 5) is 2.38. The number of hydrogen-bond acceptors (Lipinski definition) is 3. The number of para-hydroxylation sites is 1. The molecule has 2 heterocycles. The number of nitrogens with zero attached hydrogens (tertiary/aromatic N) is 1. The van der Waals surface area contributed by atoms with Crippen molar-refractivity contribution in [2.45, 2.75) is 5.41 Å². The van der Waals surface area contributed by atoms with Crippen LogP contribution in [0.15, 0.2) is 245 Å². The highest BCUT2D eigenvalue weighted by Gasteiger charge is 2.46. The lowest BCUT2D eigenvalue weighted by atomic mass is 9.67. The molecule has 1 aliphatic carbocycles. The molecule has 0 atom stereocenters. The van der Waals surface area contributed by atoms with Gasteiger partial charge in [0.05, 0.1) is 5.41 Å². The third kappa shape index (κ3) is 5.44. The Labute approximate surface area is 381 Å². The molecule has 3 nitrogen and oxygen atoms in total. The smallest absolute Gasteiger partial charge is 0.137 e. The number of fused-ring (bicyclic) bond motifs is 11. The molecule has 0 fully saturated rings. The minimum absolute atomic E-state index is 0.534. The van der Waals surface area contributed by atoms with Crippen LogP contribution in [0.1, 0.15) is 22.3 Å². The second-order valence-corrected chi connectivity index (χ2v) is 17.6. The Morgan fingerprint density at radius 2 is 0.848 bits per heavy atom. The zero-order valence-electron chi connectivity index (χ0n) is 35.8. The van der Waals surface area contributed by atoms with Gasteiger partial charge in [0.1, 0.15) is 22.3 Å². The van der Waals surface area contributed by atoms with Crippen LogP contribution in [0.3, 0.4) is 0 Å². The second-order valence-electron chi connectivity index (χ2n) is 17.6. The van der Waals surface area contributed by atoms with Crippen LogP contribution >= 0.6 is 0 Å². The van der Waals surface area contributed by atoms with E-state index in [-0.39, 0.29) is 0 Å². The lowest BCUT2D eigenvalue weighted by Crippen LogP contribution is -2.28. The predicted molar refractivity (Wildman–Crippen MR) is 273 cm³/mol. The topological polar surface area (TPSA) is 29.5 Å². The maximum Gasteiger partial charge on any atom is 0.137 e. The average Bonchev–Trinajstić information content (AvgIpc) is 4.02. The minimum atomic E-state index is -0.534. The number of rotatable bonds is 6. The molecular formula is C63H39NO2. The Balaban J connectivity index is 0.954. The lowest BCUT2D eigenvalue weighted by Gasteiger charge is -2.35. The van der Waals surface area contributed by atoms with Crippen LogP contribution in [-0.2, 0) is 5.41 Å². The number of anilines is 3. The monoisotopic (exact) mass is 841 g/mol. The minimum Gasteiger partial charge on any atom is -0.456 e. The number of benzene rings is 11. The molecule has 0 amide bonds. The van der Waals surface area contributed by atoms with Gasteiger partial charge in [-0.1, -0.05) is 158 Å². The molecule has 0 bridgehead atoms. The molecule has 0 spiro atoms. The number of furan rings is 2. The maximum atomic E-state index is 6.82. The van der Waals surface area contributed by atoms with Crippen molar-refractivity contribution in [1.82, 2.24) is 0 Å². The van der Waals surface area contributed by atoms with Crippen LogP contribution < -0.4 is 4.90 Å². The van der Waals surface area contributed by atoms with Crippen LogP contribution in [0.4, 0.5) is 17.1 Å². The molecule has 0 saturated carbocycles. The first-order valence-electron chi connectivity index (χ1n) is 22.6. The van der Waals surface area contributed by atoms with Crippen molar-refractivity contribution in [3.8, 4) is 22.3 Å². The van der Waals surface area contributed by atoms with Gasteiger partial charge in [-0.05, 0) is 139 Å². The highest BCUT2D eigenvalue weighted by molar-refractivity contribution is 6.15. The summed E-state index contributed by atoms with van der Waals surface area (Å²) in [5.74, 6) is 0. The summed E-state index contributed by atoms with van der Waals surface area (Å²) in [5, 5.41) is 9.09. The van der Waals surface area contributed by atoms with Gasteiger partial charge in [0.2, 0.25) is 0 Å². The Morgan fingerprint density at radius 3 is 1.61 bits per heavy atom. The summed E-state index contributed by atoms with van der Waals surface area (Å²) < 4.78 is 13.1. The first-order valence-corrected chi connectivity index (χ1v) is 22.6. The fourth-order valence-electron chi connectivity index (χ4n) is 11.1. The van der Waals surface area contributed by atoms with E-state index in [1.165, 1.54) is 55.3 Å². The van der Waals surface area contributed by atoms with E-state index < -0.39 is 5.41 Å². The van der Waals surface area contributed by atoms with Gasteiger partial charge < -0.3 is 13.7 Å². The molecule has 11 aromatic carbocycles. The Morgan fingerprint density at radius 1 is 0.288 bits per heavy atom. The van der Waals surface area contributed by atoms with Gasteiger partial charge in [0.25, 0.3) is 0 Å². The Hall–Kier alpha value is -8.66. The van der Waals surface area contributed by atoms with Gasteiger partial charge in [-0.25, -0.2) is 0 Å². The molecule has 308 valence electrons. The Bertz CT molecular complexity index is 4020. The van der Waals surface area contributed by atoms with E-state index >= 15 is 0 Å². The van der Waals surface area contributed by atoms with Gasteiger partial charge in [-0.3, -0.25) is 0 Å².